The molecular formula is C6H11F2NO. The van der Waals surface area contributed by atoms with Crippen LogP contribution in [0.5, 0.6) is 0 Å². The molecule has 0 aliphatic heterocycles. The first-order chi connectivity index (χ1) is 4.50. The van der Waals surface area contributed by atoms with Crippen molar-refractivity contribution in [1.82, 2.24) is 0 Å². The van der Waals surface area contributed by atoms with Gasteiger partial charge < -0.3 is 5.73 Å². The molecule has 0 bridgehead atoms. The third kappa shape index (κ3) is 2.75. The van der Waals surface area contributed by atoms with Crippen molar-refractivity contribution in [2.75, 3.05) is 0 Å². The lowest BCUT2D eigenvalue weighted by Gasteiger charge is -2.09. The molecule has 0 saturated carbocycles. The minimum Gasteiger partial charge on any atom is -0.364 e. The molecule has 1 amide bonds. The number of amides is 1. The Hall–Kier alpha value is -0.670. The van der Waals surface area contributed by atoms with E-state index in [1.54, 1.807) is 6.92 Å². The predicted octanol–water partition coefficient (Wildman–Crippen LogP) is 1.30. The molecule has 0 rings (SSSR count). The second-order valence-electron chi connectivity index (χ2n) is 2.17. The summed E-state index contributed by atoms with van der Waals surface area (Å²) < 4.78 is 24.5. The molecule has 0 aliphatic carbocycles. The Morgan fingerprint density at radius 3 is 2.40 bits per heavy atom. The van der Waals surface area contributed by atoms with Crippen LogP contribution in [-0.4, -0.2) is 11.8 Å². The first-order valence-electron chi connectivity index (χ1n) is 3.18. The van der Waals surface area contributed by atoms with Crippen molar-refractivity contribution in [1.29, 1.82) is 0 Å². The summed E-state index contributed by atoms with van der Waals surface area (Å²) in [6.45, 7) is 1.77. The van der Waals surface area contributed by atoms with Gasteiger partial charge in [-0.25, -0.2) is 0 Å². The molecule has 4 heteroatoms. The third-order valence-electron chi connectivity index (χ3n) is 1.20. The third-order valence-corrected chi connectivity index (χ3v) is 1.20. The molecule has 2 N–H and O–H groups in total. The number of carbonyl (C=O) groups excluding carboxylic acids is 1. The maximum absolute atomic E-state index is 12.3. The molecule has 0 unspecified atom stereocenters. The van der Waals surface area contributed by atoms with E-state index in [-0.39, 0.29) is 0 Å². The molecule has 0 atom stereocenters. The minimum atomic E-state index is -3.31. The largest absolute Gasteiger partial charge is 0.364 e. The molecule has 0 aromatic carbocycles. The number of unbranched alkanes of at least 4 members (excludes halogenated alkanes) is 1. The Morgan fingerprint density at radius 1 is 1.60 bits per heavy atom. The first-order valence-corrected chi connectivity index (χ1v) is 3.18. The molecule has 10 heavy (non-hydrogen) atoms. The van der Waals surface area contributed by atoms with Gasteiger partial charge in [0.25, 0.3) is 5.91 Å². The number of nitrogens with two attached hydrogens (primary N) is 1. The van der Waals surface area contributed by atoms with Crippen LogP contribution in [0.4, 0.5) is 8.78 Å². The molecule has 2 nitrogen and oxygen atoms in total. The quantitative estimate of drug-likeness (QED) is 0.646. The summed E-state index contributed by atoms with van der Waals surface area (Å²) in [7, 11) is 0. The molecule has 0 radical (unpaired) electrons. The van der Waals surface area contributed by atoms with E-state index >= 15 is 0 Å². The van der Waals surface area contributed by atoms with Gasteiger partial charge >= 0.3 is 5.92 Å². The SMILES string of the molecule is CCCCC(F)(F)C(N)=O. The zero-order valence-electron chi connectivity index (χ0n) is 5.86. The number of carbonyl (C=O) groups is 1. The highest BCUT2D eigenvalue weighted by Gasteiger charge is 2.34. The van der Waals surface area contributed by atoms with Crippen LogP contribution < -0.4 is 5.73 Å². The first kappa shape index (κ1) is 9.33. The van der Waals surface area contributed by atoms with Crippen molar-refractivity contribution in [3.8, 4) is 0 Å². The second kappa shape index (κ2) is 3.49. The van der Waals surface area contributed by atoms with E-state index in [0.29, 0.717) is 12.8 Å². The summed E-state index contributed by atoms with van der Waals surface area (Å²) in [5, 5.41) is 0. The summed E-state index contributed by atoms with van der Waals surface area (Å²) in [5.41, 5.74) is 4.42. The van der Waals surface area contributed by atoms with Crippen LogP contribution in [0, 0.1) is 0 Å². The van der Waals surface area contributed by atoms with E-state index in [2.05, 4.69) is 5.73 Å². The van der Waals surface area contributed by atoms with Crippen LogP contribution in [-0.2, 0) is 4.79 Å². The van der Waals surface area contributed by atoms with Crippen molar-refractivity contribution < 1.29 is 13.6 Å². The van der Waals surface area contributed by atoms with Gasteiger partial charge in [-0.2, -0.15) is 8.78 Å². The molecule has 0 saturated heterocycles. The second-order valence-corrected chi connectivity index (χ2v) is 2.17. The van der Waals surface area contributed by atoms with Crippen molar-refractivity contribution in [3.05, 3.63) is 0 Å². The average Bonchev–Trinajstić information content (AvgIpc) is 1.84. The molecule has 0 fully saturated rings. The number of alkyl halides is 2. The lowest BCUT2D eigenvalue weighted by molar-refractivity contribution is -0.142. The van der Waals surface area contributed by atoms with E-state index in [1.807, 2.05) is 0 Å². The molecule has 60 valence electrons. The number of rotatable bonds is 4. The summed E-state index contributed by atoms with van der Waals surface area (Å²) >= 11 is 0. The Labute approximate surface area is 58.4 Å². The number of hydrogen-bond donors (Lipinski definition) is 1. The predicted molar refractivity (Wildman–Crippen MR) is 33.7 cm³/mol. The van der Waals surface area contributed by atoms with Crippen molar-refractivity contribution in [2.24, 2.45) is 5.73 Å². The molecule has 0 aliphatic rings. The van der Waals surface area contributed by atoms with Crippen LogP contribution in [0.15, 0.2) is 0 Å². The summed E-state index contributed by atoms with van der Waals surface area (Å²) in [4.78, 5) is 10.00. The molecule has 0 spiro atoms. The van der Waals surface area contributed by atoms with Crippen molar-refractivity contribution in [2.45, 2.75) is 32.1 Å². The summed E-state index contributed by atoms with van der Waals surface area (Å²) in [6, 6.07) is 0. The maximum Gasteiger partial charge on any atom is 0.324 e. The van der Waals surface area contributed by atoms with E-state index in [0.717, 1.165) is 0 Å². The lowest BCUT2D eigenvalue weighted by Crippen LogP contribution is -2.35. The van der Waals surface area contributed by atoms with Gasteiger partial charge in [-0.1, -0.05) is 13.3 Å². The highest BCUT2D eigenvalue weighted by atomic mass is 19.3. The summed E-state index contributed by atoms with van der Waals surface area (Å²) in [6.07, 6.45) is 0.539. The van der Waals surface area contributed by atoms with Gasteiger partial charge in [0, 0.05) is 6.42 Å². The standard InChI is InChI=1S/C6H11F2NO/c1-2-3-4-6(7,8)5(9)10/h2-4H2,1H3,(H2,9,10). The molecule has 0 aromatic rings. The monoisotopic (exact) mass is 151 g/mol. The van der Waals surface area contributed by atoms with Gasteiger partial charge in [0.2, 0.25) is 0 Å². The van der Waals surface area contributed by atoms with Crippen LogP contribution in [0.3, 0.4) is 0 Å². The van der Waals surface area contributed by atoms with E-state index in [4.69, 9.17) is 0 Å². The van der Waals surface area contributed by atoms with Crippen LogP contribution in [0.25, 0.3) is 0 Å². The fourth-order valence-corrected chi connectivity index (χ4v) is 0.522. The Balaban J connectivity index is 3.75. The van der Waals surface area contributed by atoms with Crippen LogP contribution >= 0.6 is 0 Å². The van der Waals surface area contributed by atoms with E-state index in [9.17, 15) is 13.6 Å². The van der Waals surface area contributed by atoms with E-state index < -0.39 is 18.3 Å². The fourth-order valence-electron chi connectivity index (χ4n) is 0.522. The zero-order valence-corrected chi connectivity index (χ0v) is 5.86. The van der Waals surface area contributed by atoms with Gasteiger partial charge in [-0.3, -0.25) is 4.79 Å². The fraction of sp³-hybridized carbons (Fsp3) is 0.833. The molecule has 0 aromatic heterocycles. The van der Waals surface area contributed by atoms with Crippen LogP contribution in [0.1, 0.15) is 26.2 Å². The van der Waals surface area contributed by atoms with E-state index in [1.165, 1.54) is 0 Å². The van der Waals surface area contributed by atoms with Crippen molar-refractivity contribution in [3.63, 3.8) is 0 Å². The minimum absolute atomic E-state index is 0.329. The highest BCUT2D eigenvalue weighted by Crippen LogP contribution is 2.19. The van der Waals surface area contributed by atoms with Gasteiger partial charge in [-0.15, -0.1) is 0 Å². The van der Waals surface area contributed by atoms with Gasteiger partial charge in [0.1, 0.15) is 0 Å². The van der Waals surface area contributed by atoms with Gasteiger partial charge in [-0.05, 0) is 6.42 Å². The average molecular weight is 151 g/mol. The topological polar surface area (TPSA) is 43.1 Å². The maximum atomic E-state index is 12.3. The normalized spacial score (nSPS) is 11.5. The highest BCUT2D eigenvalue weighted by molar-refractivity contribution is 5.81. The van der Waals surface area contributed by atoms with Gasteiger partial charge in [0.05, 0.1) is 0 Å². The van der Waals surface area contributed by atoms with Crippen molar-refractivity contribution >= 4 is 5.91 Å². The Kier molecular flexibility index (Phi) is 3.25. The lowest BCUT2D eigenvalue weighted by atomic mass is 10.1. The number of hydrogen-bond acceptors (Lipinski definition) is 1. The zero-order chi connectivity index (χ0) is 8.20. The number of halogens is 2. The Morgan fingerprint density at radius 2 is 2.10 bits per heavy atom. The Bertz CT molecular complexity index is 125. The smallest absolute Gasteiger partial charge is 0.324 e. The molecular weight excluding hydrogens is 140 g/mol. The number of primary amides is 1. The summed E-state index contributed by atoms with van der Waals surface area (Å²) in [5.74, 6) is -4.84. The molecule has 0 heterocycles. The van der Waals surface area contributed by atoms with Crippen LogP contribution in [0.2, 0.25) is 0 Å². The van der Waals surface area contributed by atoms with Gasteiger partial charge in [0.15, 0.2) is 0 Å².